The van der Waals surface area contributed by atoms with E-state index >= 15 is 0 Å². The van der Waals surface area contributed by atoms with E-state index in [0.29, 0.717) is 25.7 Å². The fourth-order valence-electron chi connectivity index (χ4n) is 11.5. The summed E-state index contributed by atoms with van der Waals surface area (Å²) in [7, 11) is -9.91. The Morgan fingerprint density at radius 3 is 0.723 bits per heavy atom. The van der Waals surface area contributed by atoms with Crippen LogP contribution in [0, 0.1) is 5.92 Å². The Morgan fingerprint density at radius 1 is 0.287 bits per heavy atom. The first kappa shape index (κ1) is 92.1. The molecule has 0 aromatic heterocycles. The number of unbranched alkanes of at least 4 members (excludes halogenated alkanes) is 47. The van der Waals surface area contributed by atoms with Gasteiger partial charge in [0.25, 0.3) is 0 Å². The van der Waals surface area contributed by atoms with Crippen LogP contribution in [0.5, 0.6) is 0 Å². The zero-order valence-corrected chi connectivity index (χ0v) is 62.9. The monoisotopic (exact) mass is 1380 g/mol. The molecule has 0 saturated carbocycles. The zero-order chi connectivity index (χ0) is 69.1. The molecule has 0 amide bonds. The quantitative estimate of drug-likeness (QED) is 0.0222. The second-order valence-corrected chi connectivity index (χ2v) is 30.4. The van der Waals surface area contributed by atoms with E-state index in [4.69, 9.17) is 37.0 Å². The molecule has 0 radical (unpaired) electrons. The Morgan fingerprint density at radius 2 is 0.489 bits per heavy atom. The van der Waals surface area contributed by atoms with Gasteiger partial charge in [-0.25, -0.2) is 9.13 Å². The molecule has 0 rings (SSSR count). The Hall–Kier alpha value is -1.94. The maximum Gasteiger partial charge on any atom is 0.472 e. The molecule has 94 heavy (non-hydrogen) atoms. The number of phosphoric acid groups is 2. The third-order valence-electron chi connectivity index (χ3n) is 17.5. The van der Waals surface area contributed by atoms with Crippen LogP contribution in [-0.2, 0) is 65.4 Å². The average molecular weight is 1380 g/mol. The molecule has 558 valence electrons. The van der Waals surface area contributed by atoms with E-state index < -0.39 is 97.5 Å². The first-order chi connectivity index (χ1) is 45.5. The van der Waals surface area contributed by atoms with Crippen molar-refractivity contribution in [2.45, 2.75) is 412 Å². The first-order valence-electron chi connectivity index (χ1n) is 39.1. The fraction of sp³-hybridized carbons (Fsp3) is 0.947. The van der Waals surface area contributed by atoms with Crippen molar-refractivity contribution in [3.05, 3.63) is 0 Å². The lowest BCUT2D eigenvalue weighted by molar-refractivity contribution is -0.161. The Balaban J connectivity index is 5.22. The summed E-state index contributed by atoms with van der Waals surface area (Å²) < 4.78 is 68.5. The molecule has 0 bridgehead atoms. The molecule has 0 spiro atoms. The largest absolute Gasteiger partial charge is 0.472 e. The van der Waals surface area contributed by atoms with Crippen molar-refractivity contribution in [3.8, 4) is 0 Å². The maximum atomic E-state index is 13.1. The lowest BCUT2D eigenvalue weighted by atomic mass is 10.0. The van der Waals surface area contributed by atoms with E-state index in [9.17, 15) is 43.2 Å². The van der Waals surface area contributed by atoms with Crippen LogP contribution in [0.2, 0.25) is 0 Å². The average Bonchev–Trinajstić information content (AvgIpc) is 1.44. The highest BCUT2D eigenvalue weighted by Gasteiger charge is 2.30. The van der Waals surface area contributed by atoms with Crippen molar-refractivity contribution in [1.82, 2.24) is 0 Å². The van der Waals surface area contributed by atoms with Gasteiger partial charge in [-0.05, 0) is 31.6 Å². The number of phosphoric ester groups is 2. The number of hydrogen-bond acceptors (Lipinski definition) is 15. The second-order valence-electron chi connectivity index (χ2n) is 27.5. The second kappa shape index (κ2) is 68.2. The van der Waals surface area contributed by atoms with Gasteiger partial charge in [0.2, 0.25) is 0 Å². The summed E-state index contributed by atoms with van der Waals surface area (Å²) >= 11 is 0. The number of carbonyl (C=O) groups excluding carboxylic acids is 4. The minimum atomic E-state index is -4.96. The summed E-state index contributed by atoms with van der Waals surface area (Å²) in [6.45, 7) is 7.27. The summed E-state index contributed by atoms with van der Waals surface area (Å²) in [5, 5.41) is 10.6. The minimum absolute atomic E-state index is 0.108. The van der Waals surface area contributed by atoms with E-state index in [0.717, 1.165) is 95.8 Å². The molecule has 3 N–H and O–H groups in total. The molecule has 0 fully saturated rings. The van der Waals surface area contributed by atoms with Crippen LogP contribution in [0.15, 0.2) is 0 Å². The summed E-state index contributed by atoms with van der Waals surface area (Å²) in [5.41, 5.74) is 0. The highest BCUT2D eigenvalue weighted by Crippen LogP contribution is 2.45. The van der Waals surface area contributed by atoms with Crippen LogP contribution < -0.4 is 0 Å². The fourth-order valence-corrected chi connectivity index (χ4v) is 13.1. The number of aliphatic hydroxyl groups excluding tert-OH is 1. The van der Waals surface area contributed by atoms with E-state index in [-0.39, 0.29) is 25.7 Å². The van der Waals surface area contributed by atoms with Crippen LogP contribution >= 0.6 is 15.6 Å². The summed E-state index contributed by atoms with van der Waals surface area (Å²) in [6, 6.07) is 0. The number of aliphatic hydroxyl groups is 1. The van der Waals surface area contributed by atoms with Crippen molar-refractivity contribution in [2.24, 2.45) is 5.92 Å². The standard InChI is InChI=1S/C75H146O17P2/c1-6-9-12-15-18-21-24-26-27-28-29-30-31-32-35-40-46-51-56-61-75(80)92-71(65-86-73(78)59-54-49-44-41-36-37-42-47-52-57-68(4)5)67-90-94(83,84)88-63-69(76)62-87-93(81,82)89-66-70(64-85-72(77)58-53-48-43-38-33-23-20-17-14-11-8-3)91-74(79)60-55-50-45-39-34-25-22-19-16-13-10-7-2/h68-71,76H,6-67H2,1-5H3,(H,81,82)(H,83,84)/t69-,70+,71+/m0/s1. The van der Waals surface area contributed by atoms with Gasteiger partial charge in [0.1, 0.15) is 19.3 Å². The van der Waals surface area contributed by atoms with Crippen molar-refractivity contribution in [3.63, 3.8) is 0 Å². The van der Waals surface area contributed by atoms with E-state index in [1.807, 2.05) is 0 Å². The molecule has 0 aliphatic heterocycles. The molecule has 0 aromatic rings. The zero-order valence-electron chi connectivity index (χ0n) is 61.1. The number of ether oxygens (including phenoxy) is 4. The molecule has 0 aliphatic carbocycles. The predicted octanol–water partition coefficient (Wildman–Crippen LogP) is 22.1. The number of rotatable bonds is 75. The highest BCUT2D eigenvalue weighted by atomic mass is 31.2. The van der Waals surface area contributed by atoms with Gasteiger partial charge in [-0.3, -0.25) is 37.3 Å². The van der Waals surface area contributed by atoms with Gasteiger partial charge in [-0.15, -0.1) is 0 Å². The summed E-state index contributed by atoms with van der Waals surface area (Å²) in [4.78, 5) is 72.7. The lowest BCUT2D eigenvalue weighted by Crippen LogP contribution is -2.30. The molecule has 0 aromatic carbocycles. The molecular formula is C75H146O17P2. The van der Waals surface area contributed by atoms with Crippen LogP contribution in [0.1, 0.15) is 394 Å². The van der Waals surface area contributed by atoms with E-state index in [2.05, 4.69) is 34.6 Å². The van der Waals surface area contributed by atoms with E-state index in [1.54, 1.807) is 0 Å². The van der Waals surface area contributed by atoms with Crippen LogP contribution in [0.4, 0.5) is 0 Å². The predicted molar refractivity (Wildman–Crippen MR) is 382 cm³/mol. The normalized spacial score (nSPS) is 14.0. The molecule has 0 aliphatic rings. The molecule has 0 saturated heterocycles. The molecular weight excluding hydrogens is 1230 g/mol. The van der Waals surface area contributed by atoms with Gasteiger partial charge in [-0.2, -0.15) is 0 Å². The molecule has 2 unspecified atom stereocenters. The third kappa shape index (κ3) is 68.6. The first-order valence-corrected chi connectivity index (χ1v) is 42.1. The van der Waals surface area contributed by atoms with Crippen molar-refractivity contribution in [2.75, 3.05) is 39.6 Å². The van der Waals surface area contributed by atoms with Gasteiger partial charge < -0.3 is 33.8 Å². The van der Waals surface area contributed by atoms with Crippen LogP contribution in [0.3, 0.4) is 0 Å². The van der Waals surface area contributed by atoms with Crippen LogP contribution in [-0.4, -0.2) is 96.7 Å². The number of carbonyl (C=O) groups is 4. The third-order valence-corrected chi connectivity index (χ3v) is 19.4. The SMILES string of the molecule is CCCCCCCCCCCCCCCCCCCCCC(=O)O[C@H](COC(=O)CCCCCCCCCCCC(C)C)COP(=O)(O)OC[C@@H](O)COP(=O)(O)OC[C@@H](COC(=O)CCCCCCCCCCCCC)OC(=O)CCCCCCCCCCCCCC. The Labute approximate surface area is 575 Å². The van der Waals surface area contributed by atoms with Gasteiger partial charge in [0.15, 0.2) is 12.2 Å². The highest BCUT2D eigenvalue weighted by molar-refractivity contribution is 7.47. The van der Waals surface area contributed by atoms with Crippen molar-refractivity contribution in [1.29, 1.82) is 0 Å². The summed E-state index contributed by atoms with van der Waals surface area (Å²) in [6.07, 6.45) is 56.8. The van der Waals surface area contributed by atoms with Gasteiger partial charge in [0.05, 0.1) is 26.4 Å². The number of hydrogen-bond donors (Lipinski definition) is 3. The Kier molecular flexibility index (Phi) is 66.8. The molecule has 19 heteroatoms. The van der Waals surface area contributed by atoms with Crippen LogP contribution in [0.25, 0.3) is 0 Å². The Bertz CT molecular complexity index is 1810. The van der Waals surface area contributed by atoms with E-state index in [1.165, 1.54) is 218 Å². The van der Waals surface area contributed by atoms with Gasteiger partial charge in [-0.1, -0.05) is 343 Å². The topological polar surface area (TPSA) is 237 Å². The van der Waals surface area contributed by atoms with Crippen molar-refractivity contribution < 1.29 is 80.2 Å². The molecule has 0 heterocycles. The van der Waals surface area contributed by atoms with Crippen molar-refractivity contribution >= 4 is 39.5 Å². The lowest BCUT2D eigenvalue weighted by Gasteiger charge is -2.21. The number of esters is 4. The maximum absolute atomic E-state index is 13.1. The summed E-state index contributed by atoms with van der Waals surface area (Å²) in [5.74, 6) is -1.37. The minimum Gasteiger partial charge on any atom is -0.462 e. The smallest absolute Gasteiger partial charge is 0.462 e. The van der Waals surface area contributed by atoms with Gasteiger partial charge >= 0.3 is 39.5 Å². The van der Waals surface area contributed by atoms with Gasteiger partial charge in [0, 0.05) is 25.7 Å². The molecule has 17 nitrogen and oxygen atoms in total. The molecule has 5 atom stereocenters.